The Morgan fingerprint density at radius 1 is 1.03 bits per heavy atom. The molecule has 174 valence electrons. The van der Waals surface area contributed by atoms with Crippen LogP contribution in [0.4, 0.5) is 30.5 Å². The van der Waals surface area contributed by atoms with Crippen LogP contribution in [0.3, 0.4) is 0 Å². The molecule has 0 saturated carbocycles. The lowest BCUT2D eigenvalue weighted by Gasteiger charge is -2.23. The summed E-state index contributed by atoms with van der Waals surface area (Å²) in [5.41, 5.74) is 1.87. The van der Waals surface area contributed by atoms with E-state index in [0.717, 1.165) is 59.4 Å². The first kappa shape index (κ1) is 23.4. The van der Waals surface area contributed by atoms with Crippen molar-refractivity contribution in [1.29, 1.82) is 0 Å². The molecule has 0 amide bonds. The number of pyridine rings is 1. The highest BCUT2D eigenvalue weighted by molar-refractivity contribution is 7.98. The number of halogens is 3. The molecule has 1 N–H and O–H groups in total. The number of hydrogen-bond donors (Lipinski definition) is 1. The van der Waals surface area contributed by atoms with Crippen molar-refractivity contribution in [3.63, 3.8) is 0 Å². The minimum Gasteiger partial charge on any atom is -0.355 e. The average Bonchev–Trinajstić information content (AvgIpc) is 3.01. The monoisotopic (exact) mass is 473 g/mol. The number of alkyl halides is 3. The second kappa shape index (κ2) is 9.59. The molecular weight excluding hydrogens is 447 g/mol. The van der Waals surface area contributed by atoms with Crippen LogP contribution in [0.25, 0.3) is 0 Å². The first-order valence-corrected chi connectivity index (χ1v) is 12.1. The van der Waals surface area contributed by atoms with E-state index >= 15 is 0 Å². The van der Waals surface area contributed by atoms with Crippen molar-refractivity contribution in [2.24, 2.45) is 0 Å². The summed E-state index contributed by atoms with van der Waals surface area (Å²) in [5, 5.41) is 3.25. The van der Waals surface area contributed by atoms with E-state index in [2.05, 4.69) is 21.3 Å². The smallest absolute Gasteiger partial charge is 0.355 e. The predicted octanol–water partition coefficient (Wildman–Crippen LogP) is 6.08. The summed E-state index contributed by atoms with van der Waals surface area (Å²) in [5.74, 6) is 2.48. The van der Waals surface area contributed by atoms with Crippen LogP contribution in [-0.2, 0) is 19.0 Å². The molecule has 3 heterocycles. The molecule has 1 aliphatic heterocycles. The first-order valence-electron chi connectivity index (χ1n) is 10.8. The molecular formula is C24H26F3N5S. The Morgan fingerprint density at radius 3 is 2.42 bits per heavy atom. The molecule has 9 heteroatoms. The molecule has 0 bridgehead atoms. The molecule has 0 aliphatic carbocycles. The van der Waals surface area contributed by atoms with Crippen LogP contribution in [0, 0.1) is 0 Å². The number of benzene rings is 1. The van der Waals surface area contributed by atoms with E-state index in [1.165, 1.54) is 12.1 Å². The molecule has 33 heavy (non-hydrogen) atoms. The van der Waals surface area contributed by atoms with Crippen LogP contribution in [0.2, 0.25) is 0 Å². The number of nitrogens with one attached hydrogen (secondary N) is 1. The SMILES string of the molecule is CSc1cccnc1N1CCc2nc(C(C)C)nc(Nc3ccc(C(F)(F)F)cc3)c2CC1. The van der Waals surface area contributed by atoms with E-state index in [-0.39, 0.29) is 5.92 Å². The highest BCUT2D eigenvalue weighted by atomic mass is 32.2. The van der Waals surface area contributed by atoms with Gasteiger partial charge >= 0.3 is 6.18 Å². The fourth-order valence-corrected chi connectivity index (χ4v) is 4.43. The molecule has 0 atom stereocenters. The molecule has 5 nitrogen and oxygen atoms in total. The van der Waals surface area contributed by atoms with Crippen molar-refractivity contribution in [2.75, 3.05) is 29.6 Å². The summed E-state index contributed by atoms with van der Waals surface area (Å²) in [7, 11) is 0. The Bertz CT molecular complexity index is 1120. The standard InChI is InChI=1S/C24H26F3N5S/c1-15(2)21-30-19-11-14-32(23-20(33-3)5-4-12-28-23)13-10-18(19)22(31-21)29-17-8-6-16(7-9-17)24(25,26)27/h4-9,12,15H,10-11,13-14H2,1-3H3,(H,29,30,31). The highest BCUT2D eigenvalue weighted by Crippen LogP contribution is 2.33. The van der Waals surface area contributed by atoms with Gasteiger partial charge in [0.1, 0.15) is 17.5 Å². The molecule has 4 rings (SSSR count). The third-order valence-corrected chi connectivity index (χ3v) is 6.38. The number of fused-ring (bicyclic) bond motifs is 1. The molecule has 0 unspecified atom stereocenters. The average molecular weight is 474 g/mol. The Morgan fingerprint density at radius 2 is 1.76 bits per heavy atom. The van der Waals surface area contributed by atoms with Crippen LogP contribution in [0.15, 0.2) is 47.5 Å². The van der Waals surface area contributed by atoms with Gasteiger partial charge in [0.2, 0.25) is 0 Å². The Kier molecular flexibility index (Phi) is 6.78. The topological polar surface area (TPSA) is 53.9 Å². The maximum absolute atomic E-state index is 12.9. The third kappa shape index (κ3) is 5.24. The molecule has 0 radical (unpaired) electrons. The second-order valence-corrected chi connectivity index (χ2v) is 9.07. The Hall–Kier alpha value is -2.81. The van der Waals surface area contributed by atoms with Gasteiger partial charge in [-0.15, -0.1) is 11.8 Å². The van der Waals surface area contributed by atoms with Gasteiger partial charge in [-0.2, -0.15) is 13.2 Å². The van der Waals surface area contributed by atoms with E-state index in [9.17, 15) is 13.2 Å². The largest absolute Gasteiger partial charge is 0.416 e. The van der Waals surface area contributed by atoms with Crippen LogP contribution >= 0.6 is 11.8 Å². The highest BCUT2D eigenvalue weighted by Gasteiger charge is 2.30. The fourth-order valence-electron chi connectivity index (χ4n) is 3.85. The molecule has 0 fully saturated rings. The predicted molar refractivity (Wildman–Crippen MR) is 126 cm³/mol. The van der Waals surface area contributed by atoms with E-state index in [4.69, 9.17) is 9.97 Å². The van der Waals surface area contributed by atoms with Gasteiger partial charge in [0.15, 0.2) is 0 Å². The molecule has 1 aromatic carbocycles. The van der Waals surface area contributed by atoms with Gasteiger partial charge in [0.25, 0.3) is 0 Å². The van der Waals surface area contributed by atoms with Crippen LogP contribution < -0.4 is 10.2 Å². The lowest BCUT2D eigenvalue weighted by atomic mass is 10.1. The number of aromatic nitrogens is 3. The van der Waals surface area contributed by atoms with Crippen molar-refractivity contribution in [2.45, 2.75) is 43.7 Å². The quantitative estimate of drug-likeness (QED) is 0.453. The maximum Gasteiger partial charge on any atom is 0.416 e. The van der Waals surface area contributed by atoms with E-state index < -0.39 is 11.7 Å². The fraction of sp³-hybridized carbons (Fsp3) is 0.375. The normalized spacial score (nSPS) is 14.2. The second-order valence-electron chi connectivity index (χ2n) is 8.23. The van der Waals surface area contributed by atoms with Gasteiger partial charge in [-0.1, -0.05) is 13.8 Å². The summed E-state index contributed by atoms with van der Waals surface area (Å²) in [4.78, 5) is 17.6. The van der Waals surface area contributed by atoms with Crippen LogP contribution in [0.5, 0.6) is 0 Å². The van der Waals surface area contributed by atoms with Crippen molar-refractivity contribution >= 4 is 29.1 Å². The molecule has 3 aromatic rings. The van der Waals surface area contributed by atoms with Crippen LogP contribution in [-0.4, -0.2) is 34.3 Å². The minimum atomic E-state index is -4.36. The van der Waals surface area contributed by atoms with Gasteiger partial charge in [0.05, 0.1) is 11.3 Å². The lowest BCUT2D eigenvalue weighted by Crippen LogP contribution is -2.27. The number of anilines is 3. The van der Waals surface area contributed by atoms with Gasteiger partial charge in [0, 0.05) is 47.8 Å². The lowest BCUT2D eigenvalue weighted by molar-refractivity contribution is -0.137. The number of hydrogen-bond acceptors (Lipinski definition) is 6. The number of thioether (sulfide) groups is 1. The van der Waals surface area contributed by atoms with E-state index in [0.29, 0.717) is 17.9 Å². The zero-order valence-corrected chi connectivity index (χ0v) is 19.6. The zero-order chi connectivity index (χ0) is 23.6. The van der Waals surface area contributed by atoms with Gasteiger partial charge in [-0.25, -0.2) is 15.0 Å². The van der Waals surface area contributed by atoms with Crippen molar-refractivity contribution in [3.8, 4) is 0 Å². The summed E-state index contributed by atoms with van der Waals surface area (Å²) in [6.07, 6.45) is 0.936. The summed E-state index contributed by atoms with van der Waals surface area (Å²) < 4.78 is 38.8. The van der Waals surface area contributed by atoms with E-state index in [1.807, 2.05) is 26.2 Å². The molecule has 0 saturated heterocycles. The maximum atomic E-state index is 12.9. The van der Waals surface area contributed by atoms with Crippen molar-refractivity contribution in [3.05, 3.63) is 65.2 Å². The van der Waals surface area contributed by atoms with Crippen LogP contribution in [0.1, 0.15) is 42.4 Å². The summed E-state index contributed by atoms with van der Waals surface area (Å²) in [6, 6.07) is 9.05. The van der Waals surface area contributed by atoms with Gasteiger partial charge in [-0.05, 0) is 49.1 Å². The summed E-state index contributed by atoms with van der Waals surface area (Å²) in [6.45, 7) is 5.60. The zero-order valence-electron chi connectivity index (χ0n) is 18.8. The Labute approximate surface area is 195 Å². The van der Waals surface area contributed by atoms with E-state index in [1.54, 1.807) is 18.0 Å². The molecule has 1 aliphatic rings. The first-order chi connectivity index (χ1) is 15.8. The summed E-state index contributed by atoms with van der Waals surface area (Å²) >= 11 is 1.67. The van der Waals surface area contributed by atoms with Crippen molar-refractivity contribution < 1.29 is 13.2 Å². The van der Waals surface area contributed by atoms with Gasteiger partial charge in [-0.3, -0.25) is 0 Å². The van der Waals surface area contributed by atoms with Crippen molar-refractivity contribution in [1.82, 2.24) is 15.0 Å². The number of nitrogens with zero attached hydrogens (tertiary/aromatic N) is 4. The molecule has 0 spiro atoms. The third-order valence-electron chi connectivity index (χ3n) is 5.62. The minimum absolute atomic E-state index is 0.127. The van der Waals surface area contributed by atoms with Gasteiger partial charge < -0.3 is 10.2 Å². The Balaban J connectivity index is 1.65. The number of rotatable bonds is 5. The molecule has 2 aromatic heterocycles.